The molecule has 0 saturated heterocycles. The molecule has 33 heavy (non-hydrogen) atoms. The molecular formula is C28H34O5. The Morgan fingerprint density at radius 2 is 1.73 bits per heavy atom. The van der Waals surface area contributed by atoms with E-state index in [2.05, 4.69) is 13.8 Å². The van der Waals surface area contributed by atoms with Gasteiger partial charge < -0.3 is 10.2 Å². The predicted molar refractivity (Wildman–Crippen MR) is 126 cm³/mol. The largest absolute Gasteiger partial charge is 0.511 e. The summed E-state index contributed by atoms with van der Waals surface area (Å²) in [5, 5.41) is 22.3. The fourth-order valence-corrected chi connectivity index (χ4v) is 6.96. The fourth-order valence-electron chi connectivity index (χ4n) is 6.96. The quantitative estimate of drug-likeness (QED) is 0.598. The zero-order chi connectivity index (χ0) is 24.7. The summed E-state index contributed by atoms with van der Waals surface area (Å²) in [6, 6.07) is 3.44. The first-order valence-electron chi connectivity index (χ1n) is 11.8. The van der Waals surface area contributed by atoms with Crippen molar-refractivity contribution < 1.29 is 24.6 Å². The van der Waals surface area contributed by atoms with E-state index in [4.69, 9.17) is 0 Å². The van der Waals surface area contributed by atoms with Crippen molar-refractivity contribution in [2.45, 2.75) is 74.1 Å². The number of phenols is 1. The summed E-state index contributed by atoms with van der Waals surface area (Å²) < 4.78 is 0. The van der Waals surface area contributed by atoms with Crippen molar-refractivity contribution >= 4 is 17.3 Å². The number of hydrogen-bond donors (Lipinski definition) is 2. The SMILES string of the molecule is CC(=O)C1=C(C)C[C@@]2(C)C[C@@]3(C)Cc4c(CC(C)C)ccc(O)c4C(=O)C3=C(O)[C@@]2(C)C1=O. The first-order valence-corrected chi connectivity index (χ1v) is 11.8. The molecule has 4 rings (SSSR count). The number of aromatic hydroxyl groups is 1. The maximum absolute atomic E-state index is 13.9. The van der Waals surface area contributed by atoms with Gasteiger partial charge in [0.2, 0.25) is 0 Å². The second kappa shape index (κ2) is 7.15. The van der Waals surface area contributed by atoms with Gasteiger partial charge in [0.1, 0.15) is 11.5 Å². The van der Waals surface area contributed by atoms with Crippen LogP contribution in [0.15, 0.2) is 34.6 Å². The number of phenolic OH excluding ortho intramolecular Hbond substituents is 1. The van der Waals surface area contributed by atoms with Gasteiger partial charge in [-0.1, -0.05) is 39.3 Å². The average Bonchev–Trinajstić information content (AvgIpc) is 2.66. The fraction of sp³-hybridized carbons (Fsp3) is 0.536. The maximum atomic E-state index is 13.9. The van der Waals surface area contributed by atoms with Gasteiger partial charge in [0.15, 0.2) is 17.3 Å². The molecule has 0 aliphatic heterocycles. The van der Waals surface area contributed by atoms with Crippen LogP contribution in [0.5, 0.6) is 5.75 Å². The summed E-state index contributed by atoms with van der Waals surface area (Å²) in [4.78, 5) is 39.9. The summed E-state index contributed by atoms with van der Waals surface area (Å²) in [6.45, 7) is 13.1. The van der Waals surface area contributed by atoms with Crippen LogP contribution in [0.4, 0.5) is 0 Å². The summed E-state index contributed by atoms with van der Waals surface area (Å²) in [6.07, 6.45) is 2.31. The normalized spacial score (nSPS) is 31.5. The molecule has 0 spiro atoms. The zero-order valence-corrected chi connectivity index (χ0v) is 20.7. The number of hydrogen-bond acceptors (Lipinski definition) is 5. The molecule has 5 heteroatoms. The minimum absolute atomic E-state index is 0.0986. The summed E-state index contributed by atoms with van der Waals surface area (Å²) >= 11 is 0. The molecule has 0 saturated carbocycles. The van der Waals surface area contributed by atoms with E-state index in [-0.39, 0.29) is 34.0 Å². The first-order chi connectivity index (χ1) is 15.2. The second-order valence-corrected chi connectivity index (χ2v) is 11.6. The maximum Gasteiger partial charge on any atom is 0.196 e. The molecule has 0 bridgehead atoms. The highest BCUT2D eigenvalue weighted by Gasteiger charge is 2.65. The molecule has 0 heterocycles. The molecule has 1 aromatic rings. The molecule has 1 aromatic carbocycles. The number of carbonyl (C=O) groups is 3. The summed E-state index contributed by atoms with van der Waals surface area (Å²) in [5.74, 6) is -1.09. The smallest absolute Gasteiger partial charge is 0.196 e. The third-order valence-electron chi connectivity index (χ3n) is 8.45. The van der Waals surface area contributed by atoms with Crippen LogP contribution in [-0.2, 0) is 22.4 Å². The molecule has 3 aliphatic rings. The molecule has 0 fully saturated rings. The summed E-state index contributed by atoms with van der Waals surface area (Å²) in [7, 11) is 0. The molecule has 3 aliphatic carbocycles. The number of aliphatic hydroxyl groups is 1. The zero-order valence-electron chi connectivity index (χ0n) is 20.7. The van der Waals surface area contributed by atoms with Gasteiger partial charge in [0.25, 0.3) is 0 Å². The third kappa shape index (κ3) is 3.00. The van der Waals surface area contributed by atoms with Crippen molar-refractivity contribution in [2.24, 2.45) is 22.2 Å². The predicted octanol–water partition coefficient (Wildman–Crippen LogP) is 5.44. The highest BCUT2D eigenvalue weighted by atomic mass is 16.3. The lowest BCUT2D eigenvalue weighted by Crippen LogP contribution is -2.57. The lowest BCUT2D eigenvalue weighted by atomic mass is 9.44. The van der Waals surface area contributed by atoms with Gasteiger partial charge in [0, 0.05) is 11.0 Å². The molecular weight excluding hydrogens is 416 g/mol. The topological polar surface area (TPSA) is 91.7 Å². The summed E-state index contributed by atoms with van der Waals surface area (Å²) in [5.41, 5.74) is 0.505. The number of fused-ring (bicyclic) bond motifs is 3. The van der Waals surface area contributed by atoms with Crippen LogP contribution in [0.3, 0.4) is 0 Å². The standard InChI is InChI=1S/C28H34O5/c1-14(2)10-17-8-9-19(30)21-18(17)12-26(5)13-27(6)11-15(3)20(16(4)29)24(32)28(27,7)25(33)22(26)23(21)31/h8-9,14,30,33H,10-13H2,1-7H3/t26-,27+,28-/m1/s1. The molecule has 0 amide bonds. The van der Waals surface area contributed by atoms with Gasteiger partial charge in [-0.3, -0.25) is 14.4 Å². The molecule has 176 valence electrons. The van der Waals surface area contributed by atoms with E-state index in [1.165, 1.54) is 6.92 Å². The molecule has 0 unspecified atom stereocenters. The molecule has 3 atom stereocenters. The minimum atomic E-state index is -1.37. The van der Waals surface area contributed by atoms with Crippen LogP contribution >= 0.6 is 0 Å². The number of carbonyl (C=O) groups excluding carboxylic acids is 3. The van der Waals surface area contributed by atoms with E-state index in [9.17, 15) is 24.6 Å². The van der Waals surface area contributed by atoms with Crippen LogP contribution in [-0.4, -0.2) is 27.6 Å². The number of ketones is 3. The van der Waals surface area contributed by atoms with Crippen LogP contribution < -0.4 is 0 Å². The van der Waals surface area contributed by atoms with Gasteiger partial charge in [0.05, 0.1) is 16.6 Å². The average molecular weight is 451 g/mol. The molecule has 0 aromatic heterocycles. The minimum Gasteiger partial charge on any atom is -0.511 e. The highest BCUT2D eigenvalue weighted by molar-refractivity contribution is 6.24. The van der Waals surface area contributed by atoms with Crippen LogP contribution in [0, 0.1) is 22.2 Å². The second-order valence-electron chi connectivity index (χ2n) is 11.6. The Bertz CT molecular complexity index is 1180. The van der Waals surface area contributed by atoms with Crippen molar-refractivity contribution in [3.63, 3.8) is 0 Å². The Hall–Kier alpha value is -2.69. The van der Waals surface area contributed by atoms with Gasteiger partial charge in [-0.05, 0) is 75.0 Å². The van der Waals surface area contributed by atoms with E-state index >= 15 is 0 Å². The van der Waals surface area contributed by atoms with E-state index in [1.54, 1.807) is 13.0 Å². The van der Waals surface area contributed by atoms with E-state index in [1.807, 2.05) is 26.8 Å². The first kappa shape index (κ1) is 23.5. The van der Waals surface area contributed by atoms with Crippen molar-refractivity contribution in [1.82, 2.24) is 0 Å². The number of aliphatic hydroxyl groups excluding tert-OH is 1. The van der Waals surface area contributed by atoms with Crippen molar-refractivity contribution in [3.8, 4) is 5.75 Å². The van der Waals surface area contributed by atoms with Gasteiger partial charge in [-0.2, -0.15) is 0 Å². The van der Waals surface area contributed by atoms with Crippen LogP contribution in [0.2, 0.25) is 0 Å². The van der Waals surface area contributed by atoms with Gasteiger partial charge in [-0.25, -0.2) is 0 Å². The van der Waals surface area contributed by atoms with Crippen LogP contribution in [0.1, 0.15) is 82.8 Å². The Labute approximate surface area is 195 Å². The van der Waals surface area contributed by atoms with Crippen molar-refractivity contribution in [1.29, 1.82) is 0 Å². The van der Waals surface area contributed by atoms with Crippen molar-refractivity contribution in [2.75, 3.05) is 0 Å². The van der Waals surface area contributed by atoms with Crippen molar-refractivity contribution in [3.05, 3.63) is 51.3 Å². The van der Waals surface area contributed by atoms with Gasteiger partial charge >= 0.3 is 0 Å². The Morgan fingerprint density at radius 3 is 2.30 bits per heavy atom. The Kier molecular flexibility index (Phi) is 5.09. The molecule has 5 nitrogen and oxygen atoms in total. The number of allylic oxidation sites excluding steroid dienone is 4. The Morgan fingerprint density at radius 1 is 1.09 bits per heavy atom. The lowest BCUT2D eigenvalue weighted by Gasteiger charge is -2.57. The van der Waals surface area contributed by atoms with E-state index in [0.29, 0.717) is 25.2 Å². The monoisotopic (exact) mass is 450 g/mol. The lowest BCUT2D eigenvalue weighted by molar-refractivity contribution is -0.137. The number of rotatable bonds is 3. The number of Topliss-reactive ketones (excluding diaryl/α,β-unsaturated/α-hetero) is 3. The van der Waals surface area contributed by atoms with E-state index < -0.39 is 27.8 Å². The van der Waals surface area contributed by atoms with Gasteiger partial charge in [-0.15, -0.1) is 0 Å². The third-order valence-corrected chi connectivity index (χ3v) is 8.45. The van der Waals surface area contributed by atoms with Crippen LogP contribution in [0.25, 0.3) is 0 Å². The molecule has 2 N–H and O–H groups in total. The number of benzene rings is 1. The Balaban J connectivity index is 1.99. The highest BCUT2D eigenvalue weighted by Crippen LogP contribution is 2.66. The van der Waals surface area contributed by atoms with E-state index in [0.717, 1.165) is 23.1 Å². The molecule has 0 radical (unpaired) electrons.